The second kappa shape index (κ2) is 7.06. The molecule has 0 aliphatic carbocycles. The van der Waals surface area contributed by atoms with Gasteiger partial charge < -0.3 is 16.2 Å². The summed E-state index contributed by atoms with van der Waals surface area (Å²) in [6.45, 7) is 2.72. The maximum atomic E-state index is 11.3. The van der Waals surface area contributed by atoms with Crippen molar-refractivity contribution in [2.45, 2.75) is 19.1 Å². The highest BCUT2D eigenvalue weighted by molar-refractivity contribution is 7.99. The minimum absolute atomic E-state index is 0.0280. The Hall–Kier alpha value is -1.36. The first-order valence-electron chi connectivity index (χ1n) is 5.55. The van der Waals surface area contributed by atoms with Crippen molar-refractivity contribution in [3.63, 3.8) is 0 Å². The molecule has 17 heavy (non-hydrogen) atoms. The Morgan fingerprint density at radius 3 is 3.00 bits per heavy atom. The van der Waals surface area contributed by atoms with Gasteiger partial charge in [0.15, 0.2) is 0 Å². The molecule has 1 aromatic rings. The van der Waals surface area contributed by atoms with Crippen molar-refractivity contribution in [1.29, 1.82) is 0 Å². The third-order valence-corrected chi connectivity index (χ3v) is 3.15. The largest absolute Gasteiger partial charge is 0.508 e. The number of benzene rings is 1. The van der Waals surface area contributed by atoms with E-state index in [-0.39, 0.29) is 11.7 Å². The van der Waals surface area contributed by atoms with Crippen LogP contribution in [0.25, 0.3) is 0 Å². The summed E-state index contributed by atoms with van der Waals surface area (Å²) < 4.78 is 0. The molecule has 4 N–H and O–H groups in total. The molecule has 0 atom stereocenters. The van der Waals surface area contributed by atoms with E-state index in [1.807, 2.05) is 6.92 Å². The highest BCUT2D eigenvalue weighted by Crippen LogP contribution is 2.24. The lowest BCUT2D eigenvalue weighted by molar-refractivity contribution is -0.118. The number of nitrogens with two attached hydrogens (primary N) is 1. The summed E-state index contributed by atoms with van der Waals surface area (Å²) in [5.41, 5.74) is 7.01. The van der Waals surface area contributed by atoms with E-state index in [0.29, 0.717) is 23.7 Å². The first-order chi connectivity index (χ1) is 8.13. The van der Waals surface area contributed by atoms with Gasteiger partial charge >= 0.3 is 0 Å². The molecule has 0 aromatic heterocycles. The number of phenolic OH excluding ortho intramolecular Hbond substituents is 1. The topological polar surface area (TPSA) is 75.4 Å². The number of anilines is 1. The van der Waals surface area contributed by atoms with E-state index in [1.165, 1.54) is 11.8 Å². The number of amides is 1. The van der Waals surface area contributed by atoms with Gasteiger partial charge in [0.25, 0.3) is 0 Å². The molecular formula is C12H18N2O2S. The van der Waals surface area contributed by atoms with Crippen LogP contribution in [-0.4, -0.2) is 23.3 Å². The summed E-state index contributed by atoms with van der Waals surface area (Å²) in [7, 11) is 0. The zero-order valence-corrected chi connectivity index (χ0v) is 10.7. The van der Waals surface area contributed by atoms with Gasteiger partial charge in [-0.1, -0.05) is 6.92 Å². The van der Waals surface area contributed by atoms with Crippen LogP contribution in [0.15, 0.2) is 18.2 Å². The molecule has 0 spiro atoms. The van der Waals surface area contributed by atoms with Crippen molar-refractivity contribution < 1.29 is 9.90 Å². The van der Waals surface area contributed by atoms with Crippen LogP contribution < -0.4 is 11.1 Å². The van der Waals surface area contributed by atoms with Crippen molar-refractivity contribution in [1.82, 2.24) is 5.32 Å². The van der Waals surface area contributed by atoms with E-state index < -0.39 is 0 Å². The molecule has 1 aromatic carbocycles. The predicted octanol–water partition coefficient (Wildman–Crippen LogP) is 1.73. The number of nitrogens with one attached hydrogen (secondary N) is 1. The fourth-order valence-corrected chi connectivity index (χ4v) is 2.13. The second-order valence-corrected chi connectivity index (χ2v) is 4.72. The Labute approximate surface area is 106 Å². The van der Waals surface area contributed by atoms with Gasteiger partial charge in [-0.15, -0.1) is 11.8 Å². The molecule has 0 radical (unpaired) electrons. The van der Waals surface area contributed by atoms with Crippen LogP contribution in [0.3, 0.4) is 0 Å². The van der Waals surface area contributed by atoms with Crippen LogP contribution in [-0.2, 0) is 10.5 Å². The molecular weight excluding hydrogens is 236 g/mol. The number of carbonyl (C=O) groups excluding carboxylic acids is 1. The number of carbonyl (C=O) groups is 1. The van der Waals surface area contributed by atoms with Crippen molar-refractivity contribution in [3.05, 3.63) is 23.8 Å². The van der Waals surface area contributed by atoms with Crippen molar-refractivity contribution in [3.8, 4) is 5.75 Å². The molecule has 1 rings (SSSR count). The zero-order valence-electron chi connectivity index (χ0n) is 9.90. The minimum atomic E-state index is 0.0280. The average molecular weight is 254 g/mol. The lowest BCUT2D eigenvalue weighted by Gasteiger charge is -2.06. The van der Waals surface area contributed by atoms with Gasteiger partial charge in [-0.05, 0) is 24.6 Å². The number of thioether (sulfide) groups is 1. The monoisotopic (exact) mass is 254 g/mol. The van der Waals surface area contributed by atoms with E-state index in [9.17, 15) is 9.90 Å². The zero-order chi connectivity index (χ0) is 12.7. The number of rotatable bonds is 6. The summed E-state index contributed by atoms with van der Waals surface area (Å²) in [4.78, 5) is 11.3. The second-order valence-electron chi connectivity index (χ2n) is 3.73. The van der Waals surface area contributed by atoms with E-state index in [1.54, 1.807) is 18.2 Å². The highest BCUT2D eigenvalue weighted by Gasteiger charge is 2.04. The molecule has 1 amide bonds. The van der Waals surface area contributed by atoms with E-state index in [4.69, 9.17) is 5.73 Å². The van der Waals surface area contributed by atoms with E-state index in [2.05, 4.69) is 5.32 Å². The summed E-state index contributed by atoms with van der Waals surface area (Å²) in [6.07, 6.45) is 0.937. The molecule has 0 saturated carbocycles. The molecule has 0 heterocycles. The Morgan fingerprint density at radius 2 is 2.29 bits per heavy atom. The SMILES string of the molecule is CCCNC(=O)CSCc1cc(N)ccc1O. The van der Waals surface area contributed by atoms with Crippen molar-refractivity contribution in [2.75, 3.05) is 18.0 Å². The maximum absolute atomic E-state index is 11.3. The van der Waals surface area contributed by atoms with Gasteiger partial charge in [-0.2, -0.15) is 0 Å². The molecule has 5 heteroatoms. The summed E-state index contributed by atoms with van der Waals surface area (Å²) in [5, 5.41) is 12.4. The summed E-state index contributed by atoms with van der Waals surface area (Å²) in [5.74, 6) is 1.23. The standard InChI is InChI=1S/C12H18N2O2S/c1-2-5-14-12(16)8-17-7-9-6-10(13)3-4-11(9)15/h3-4,6,15H,2,5,7-8,13H2,1H3,(H,14,16). The highest BCUT2D eigenvalue weighted by atomic mass is 32.2. The Bertz CT molecular complexity index is 383. The summed E-state index contributed by atoms with van der Waals surface area (Å²) >= 11 is 1.46. The number of aromatic hydroxyl groups is 1. The first kappa shape index (κ1) is 13.7. The average Bonchev–Trinajstić information content (AvgIpc) is 2.31. The molecule has 0 bridgehead atoms. The third kappa shape index (κ3) is 4.99. The summed E-state index contributed by atoms with van der Waals surface area (Å²) in [6, 6.07) is 4.95. The molecule has 0 saturated heterocycles. The fraction of sp³-hybridized carbons (Fsp3) is 0.417. The normalized spacial score (nSPS) is 10.2. The molecule has 0 fully saturated rings. The molecule has 0 unspecified atom stereocenters. The van der Waals surface area contributed by atoms with Gasteiger partial charge in [0.05, 0.1) is 5.75 Å². The fourth-order valence-electron chi connectivity index (χ4n) is 1.29. The number of phenols is 1. The van der Waals surface area contributed by atoms with E-state index in [0.717, 1.165) is 12.0 Å². The van der Waals surface area contributed by atoms with Crippen LogP contribution >= 0.6 is 11.8 Å². The Kier molecular flexibility index (Phi) is 5.69. The molecule has 0 aliphatic heterocycles. The Morgan fingerprint density at radius 1 is 1.53 bits per heavy atom. The molecule has 4 nitrogen and oxygen atoms in total. The smallest absolute Gasteiger partial charge is 0.230 e. The minimum Gasteiger partial charge on any atom is -0.508 e. The van der Waals surface area contributed by atoms with Gasteiger partial charge in [-0.25, -0.2) is 0 Å². The number of hydrogen-bond donors (Lipinski definition) is 3. The van der Waals surface area contributed by atoms with Crippen molar-refractivity contribution in [2.24, 2.45) is 0 Å². The van der Waals surface area contributed by atoms with Gasteiger partial charge in [0, 0.05) is 23.5 Å². The van der Waals surface area contributed by atoms with Crippen LogP contribution in [0.2, 0.25) is 0 Å². The van der Waals surface area contributed by atoms with Crippen LogP contribution in [0.1, 0.15) is 18.9 Å². The first-order valence-corrected chi connectivity index (χ1v) is 6.70. The van der Waals surface area contributed by atoms with Gasteiger partial charge in [-0.3, -0.25) is 4.79 Å². The lowest BCUT2D eigenvalue weighted by Crippen LogP contribution is -2.25. The predicted molar refractivity (Wildman–Crippen MR) is 72.0 cm³/mol. The third-order valence-electron chi connectivity index (χ3n) is 2.17. The lowest BCUT2D eigenvalue weighted by atomic mass is 10.2. The van der Waals surface area contributed by atoms with Crippen molar-refractivity contribution >= 4 is 23.4 Å². The quantitative estimate of drug-likeness (QED) is 0.534. The molecule has 0 aliphatic rings. The Balaban J connectivity index is 2.35. The molecule has 94 valence electrons. The number of hydrogen-bond acceptors (Lipinski definition) is 4. The van der Waals surface area contributed by atoms with Crippen LogP contribution in [0.5, 0.6) is 5.75 Å². The maximum Gasteiger partial charge on any atom is 0.230 e. The van der Waals surface area contributed by atoms with Gasteiger partial charge in [0.1, 0.15) is 5.75 Å². The van der Waals surface area contributed by atoms with Gasteiger partial charge in [0.2, 0.25) is 5.91 Å². The number of nitrogen functional groups attached to an aromatic ring is 1. The van der Waals surface area contributed by atoms with Crippen LogP contribution in [0, 0.1) is 0 Å². The van der Waals surface area contributed by atoms with Crippen LogP contribution in [0.4, 0.5) is 5.69 Å². The van der Waals surface area contributed by atoms with E-state index >= 15 is 0 Å².